The molecule has 5 aromatic rings. The van der Waals surface area contributed by atoms with E-state index < -0.39 is 23.5 Å². The number of aromatic amines is 1. The number of benzene rings is 3. The Balaban J connectivity index is 1.36. The predicted molar refractivity (Wildman–Crippen MR) is 135 cm³/mol. The summed E-state index contributed by atoms with van der Waals surface area (Å²) in [7, 11) is 0. The summed E-state index contributed by atoms with van der Waals surface area (Å²) in [6, 6.07) is 16.3. The molecule has 1 unspecified atom stereocenters. The topological polar surface area (TPSA) is 98.3 Å². The number of fused-ring (bicyclic) bond motifs is 2. The average molecular weight is 499 g/mol. The summed E-state index contributed by atoms with van der Waals surface area (Å²) < 4.78 is 14.3. The fourth-order valence-electron chi connectivity index (χ4n) is 4.57. The number of halogens is 1. The molecule has 0 saturated carbocycles. The van der Waals surface area contributed by atoms with Crippen molar-refractivity contribution in [2.75, 3.05) is 5.32 Å². The zero-order valence-corrected chi connectivity index (χ0v) is 19.6. The summed E-state index contributed by atoms with van der Waals surface area (Å²) in [5.41, 5.74) is 4.39. The second kappa shape index (κ2) is 8.62. The zero-order valence-electron chi connectivity index (χ0n) is 18.7. The molecule has 7 nitrogen and oxygen atoms in total. The van der Waals surface area contributed by atoms with Gasteiger partial charge in [-0.25, -0.2) is 9.37 Å². The molecule has 1 aliphatic heterocycles. The second-order valence-electron chi connectivity index (χ2n) is 8.52. The maximum atomic E-state index is 14.3. The number of thiazole rings is 1. The summed E-state index contributed by atoms with van der Waals surface area (Å²) in [5.74, 6) is -2.25. The van der Waals surface area contributed by atoms with Crippen LogP contribution in [0.3, 0.4) is 0 Å². The van der Waals surface area contributed by atoms with Crippen molar-refractivity contribution in [3.8, 4) is 16.9 Å². The van der Waals surface area contributed by atoms with Crippen molar-refractivity contribution in [2.24, 2.45) is 0 Å². The number of aromatic nitrogens is 2. The summed E-state index contributed by atoms with van der Waals surface area (Å²) in [6.07, 6.45) is 3.43. The minimum atomic E-state index is -1.12. The molecule has 2 aromatic heterocycles. The zero-order chi connectivity index (χ0) is 24.8. The highest BCUT2D eigenvalue weighted by atomic mass is 32.1. The third-order valence-electron chi connectivity index (χ3n) is 6.34. The Bertz CT molecular complexity index is 1630. The number of carbonyl (C=O) groups is 2. The van der Waals surface area contributed by atoms with Gasteiger partial charge >= 0.3 is 0 Å². The van der Waals surface area contributed by atoms with Crippen LogP contribution in [0.1, 0.15) is 27.5 Å². The van der Waals surface area contributed by atoms with E-state index in [9.17, 15) is 19.1 Å². The molecule has 6 rings (SSSR count). The molecular weight excluding hydrogens is 479 g/mol. The third kappa shape index (κ3) is 3.79. The van der Waals surface area contributed by atoms with Gasteiger partial charge in [0.15, 0.2) is 16.7 Å². The molecule has 178 valence electrons. The molecule has 0 radical (unpaired) electrons. The van der Waals surface area contributed by atoms with Gasteiger partial charge in [-0.1, -0.05) is 24.3 Å². The van der Waals surface area contributed by atoms with Crippen LogP contribution in [-0.4, -0.2) is 31.8 Å². The monoisotopic (exact) mass is 498 g/mol. The number of amides is 2. The maximum Gasteiger partial charge on any atom is 0.255 e. The van der Waals surface area contributed by atoms with Crippen LogP contribution in [0.2, 0.25) is 0 Å². The van der Waals surface area contributed by atoms with E-state index in [2.05, 4.69) is 15.3 Å². The Hall–Kier alpha value is -4.50. The van der Waals surface area contributed by atoms with E-state index in [1.807, 2.05) is 48.7 Å². The van der Waals surface area contributed by atoms with Crippen LogP contribution in [0.5, 0.6) is 5.75 Å². The third-order valence-corrected chi connectivity index (χ3v) is 7.03. The quantitative estimate of drug-likeness (QED) is 0.299. The fraction of sp³-hybridized carbons (Fsp3) is 0.0741. The Kier molecular flexibility index (Phi) is 5.26. The van der Waals surface area contributed by atoms with Gasteiger partial charge in [-0.2, -0.15) is 0 Å². The van der Waals surface area contributed by atoms with Crippen molar-refractivity contribution in [3.63, 3.8) is 0 Å². The Morgan fingerprint density at radius 1 is 1.11 bits per heavy atom. The number of phenols is 1. The van der Waals surface area contributed by atoms with Gasteiger partial charge in [0.05, 0.1) is 0 Å². The average Bonchev–Trinajstić information content (AvgIpc) is 3.62. The van der Waals surface area contributed by atoms with Crippen LogP contribution in [0.4, 0.5) is 9.52 Å². The first-order valence-corrected chi connectivity index (χ1v) is 12.1. The van der Waals surface area contributed by atoms with Crippen molar-refractivity contribution < 1.29 is 19.1 Å². The van der Waals surface area contributed by atoms with E-state index in [0.717, 1.165) is 33.7 Å². The Morgan fingerprint density at radius 2 is 1.94 bits per heavy atom. The van der Waals surface area contributed by atoms with Crippen LogP contribution >= 0.6 is 11.3 Å². The van der Waals surface area contributed by atoms with Crippen LogP contribution < -0.4 is 5.32 Å². The van der Waals surface area contributed by atoms with E-state index in [1.54, 1.807) is 11.6 Å². The molecule has 0 fully saturated rings. The van der Waals surface area contributed by atoms with Crippen molar-refractivity contribution in [2.45, 2.75) is 12.6 Å². The van der Waals surface area contributed by atoms with E-state index in [-0.39, 0.29) is 18.0 Å². The highest BCUT2D eigenvalue weighted by Gasteiger charge is 2.38. The lowest BCUT2D eigenvalue weighted by molar-refractivity contribution is -0.120. The first kappa shape index (κ1) is 22.0. The van der Waals surface area contributed by atoms with Crippen molar-refractivity contribution >= 4 is 39.2 Å². The van der Waals surface area contributed by atoms with Gasteiger partial charge in [-0.3, -0.25) is 14.9 Å². The standard InChI is InChI=1S/C27H19FN4O3S/c28-21-13-18(4-6-23(21)33)24(25(34)31-27-30-9-10-36-27)32-14-19-2-1-16(12-20(19)26(32)35)15-3-5-22-17(11-15)7-8-29-22/h1-13,24,29,33H,14H2,(H,30,31,34). The number of hydrogen-bond donors (Lipinski definition) is 3. The van der Waals surface area contributed by atoms with Crippen LogP contribution in [-0.2, 0) is 11.3 Å². The number of nitrogens with one attached hydrogen (secondary N) is 2. The van der Waals surface area contributed by atoms with Crippen molar-refractivity contribution in [1.29, 1.82) is 0 Å². The number of anilines is 1. The number of carbonyl (C=O) groups excluding carboxylic acids is 2. The van der Waals surface area contributed by atoms with Crippen molar-refractivity contribution in [1.82, 2.24) is 14.9 Å². The number of phenolic OH excluding ortho intramolecular Hbond substituents is 1. The van der Waals surface area contributed by atoms with Crippen molar-refractivity contribution in [3.05, 3.63) is 101 Å². The van der Waals surface area contributed by atoms with Gasteiger partial charge in [0, 0.05) is 35.4 Å². The highest BCUT2D eigenvalue weighted by molar-refractivity contribution is 7.13. The van der Waals surface area contributed by atoms with Gasteiger partial charge in [-0.05, 0) is 64.0 Å². The molecule has 3 heterocycles. The number of aromatic hydroxyl groups is 1. The van der Waals surface area contributed by atoms with Crippen LogP contribution in [0.25, 0.3) is 22.0 Å². The maximum absolute atomic E-state index is 14.3. The second-order valence-corrected chi connectivity index (χ2v) is 9.42. The summed E-state index contributed by atoms with van der Waals surface area (Å²) in [4.78, 5) is 35.6. The Morgan fingerprint density at radius 3 is 2.75 bits per heavy atom. The molecule has 0 spiro atoms. The molecule has 3 aromatic carbocycles. The lowest BCUT2D eigenvalue weighted by atomic mass is 9.99. The number of rotatable bonds is 5. The number of H-pyrrole nitrogens is 1. The van der Waals surface area contributed by atoms with Crippen LogP contribution in [0.15, 0.2) is 78.4 Å². The van der Waals surface area contributed by atoms with E-state index in [4.69, 9.17) is 0 Å². The minimum absolute atomic E-state index is 0.184. The SMILES string of the molecule is O=C(Nc1nccs1)C(c1ccc(O)c(F)c1)N1Cc2ccc(-c3ccc4[nH]ccc4c3)cc2C1=O. The van der Waals surface area contributed by atoms with E-state index >= 15 is 0 Å². The molecule has 0 bridgehead atoms. The lowest BCUT2D eigenvalue weighted by Gasteiger charge is -2.27. The van der Waals surface area contributed by atoms with E-state index in [0.29, 0.717) is 10.7 Å². The number of nitrogens with zero attached hydrogens (tertiary/aromatic N) is 2. The first-order chi connectivity index (χ1) is 17.5. The summed E-state index contributed by atoms with van der Waals surface area (Å²) in [6.45, 7) is 0.184. The molecule has 0 aliphatic carbocycles. The summed E-state index contributed by atoms with van der Waals surface area (Å²) >= 11 is 1.24. The van der Waals surface area contributed by atoms with Gasteiger partial charge in [-0.15, -0.1) is 11.3 Å². The molecule has 2 amide bonds. The molecular formula is C27H19FN4O3S. The molecule has 0 saturated heterocycles. The number of hydrogen-bond acceptors (Lipinski definition) is 5. The molecule has 36 heavy (non-hydrogen) atoms. The largest absolute Gasteiger partial charge is 0.505 e. The smallest absolute Gasteiger partial charge is 0.255 e. The molecule has 3 N–H and O–H groups in total. The predicted octanol–water partition coefficient (Wildman–Crippen LogP) is 5.47. The normalized spacial score (nSPS) is 13.7. The minimum Gasteiger partial charge on any atom is -0.505 e. The van der Waals surface area contributed by atoms with Gasteiger partial charge in [0.1, 0.15) is 6.04 Å². The van der Waals surface area contributed by atoms with Gasteiger partial charge in [0.2, 0.25) is 0 Å². The summed E-state index contributed by atoms with van der Waals surface area (Å²) in [5, 5.41) is 15.5. The van der Waals surface area contributed by atoms with E-state index in [1.165, 1.54) is 28.4 Å². The van der Waals surface area contributed by atoms with Gasteiger partial charge in [0.25, 0.3) is 11.8 Å². The molecule has 9 heteroatoms. The highest BCUT2D eigenvalue weighted by Crippen LogP contribution is 2.36. The molecule has 1 aliphatic rings. The fourth-order valence-corrected chi connectivity index (χ4v) is 5.10. The first-order valence-electron chi connectivity index (χ1n) is 11.2. The molecule has 1 atom stereocenters. The van der Waals surface area contributed by atoms with Crippen LogP contribution in [0, 0.1) is 5.82 Å². The van der Waals surface area contributed by atoms with Gasteiger partial charge < -0.3 is 15.0 Å². The Labute approximate surface area is 208 Å². The lowest BCUT2D eigenvalue weighted by Crippen LogP contribution is -2.37.